The maximum absolute atomic E-state index is 13.1. The number of anilines is 1. The van der Waals surface area contributed by atoms with E-state index >= 15 is 0 Å². The Bertz CT molecular complexity index is 782. The van der Waals surface area contributed by atoms with Crippen LogP contribution in [0.1, 0.15) is 34.3 Å². The fraction of sp³-hybridized carbons (Fsp3) is 0.300. The SMILES string of the molecule is Cc1cccc(C)c1NC(=O)[C@@H]1CCCN1C(=O)c1ccc(F)cc1. The van der Waals surface area contributed by atoms with E-state index in [0.29, 0.717) is 18.5 Å². The molecule has 0 aromatic heterocycles. The number of para-hydroxylation sites is 1. The number of nitrogens with one attached hydrogen (secondary N) is 1. The summed E-state index contributed by atoms with van der Waals surface area (Å²) in [5, 5.41) is 2.97. The van der Waals surface area contributed by atoms with Crippen LogP contribution in [0.5, 0.6) is 0 Å². The molecule has 2 aromatic rings. The van der Waals surface area contributed by atoms with Crippen LogP contribution in [0.2, 0.25) is 0 Å². The highest BCUT2D eigenvalue weighted by atomic mass is 19.1. The molecule has 0 aliphatic carbocycles. The number of likely N-dealkylation sites (tertiary alicyclic amines) is 1. The molecule has 3 rings (SSSR count). The summed E-state index contributed by atoms with van der Waals surface area (Å²) in [5.41, 5.74) is 3.17. The molecule has 2 aromatic carbocycles. The molecule has 130 valence electrons. The first-order chi connectivity index (χ1) is 12.0. The number of benzene rings is 2. The third-order valence-corrected chi connectivity index (χ3v) is 4.64. The highest BCUT2D eigenvalue weighted by molar-refractivity contribution is 6.02. The Labute approximate surface area is 146 Å². The zero-order chi connectivity index (χ0) is 18.0. The van der Waals surface area contributed by atoms with E-state index in [2.05, 4.69) is 5.32 Å². The molecular formula is C20H21FN2O2. The van der Waals surface area contributed by atoms with Crippen LogP contribution in [-0.2, 0) is 4.79 Å². The number of hydrogen-bond acceptors (Lipinski definition) is 2. The number of hydrogen-bond donors (Lipinski definition) is 1. The lowest BCUT2D eigenvalue weighted by Crippen LogP contribution is -2.43. The van der Waals surface area contributed by atoms with Gasteiger partial charge in [0.2, 0.25) is 5.91 Å². The van der Waals surface area contributed by atoms with Crippen LogP contribution in [0.4, 0.5) is 10.1 Å². The summed E-state index contributed by atoms with van der Waals surface area (Å²) in [7, 11) is 0. The van der Waals surface area contributed by atoms with Gasteiger partial charge < -0.3 is 10.2 Å². The van der Waals surface area contributed by atoms with Gasteiger partial charge in [0.1, 0.15) is 11.9 Å². The minimum absolute atomic E-state index is 0.176. The van der Waals surface area contributed by atoms with E-state index in [1.54, 1.807) is 4.90 Å². The van der Waals surface area contributed by atoms with Gasteiger partial charge in [0.15, 0.2) is 0 Å². The first-order valence-corrected chi connectivity index (χ1v) is 8.41. The predicted octanol–water partition coefficient (Wildman–Crippen LogP) is 3.69. The van der Waals surface area contributed by atoms with E-state index in [9.17, 15) is 14.0 Å². The summed E-state index contributed by atoms with van der Waals surface area (Å²) >= 11 is 0. The van der Waals surface area contributed by atoms with Gasteiger partial charge in [-0.2, -0.15) is 0 Å². The van der Waals surface area contributed by atoms with Crippen molar-refractivity contribution in [3.8, 4) is 0 Å². The normalized spacial score (nSPS) is 16.8. The Morgan fingerprint density at radius 2 is 1.72 bits per heavy atom. The van der Waals surface area contributed by atoms with Gasteiger partial charge in [-0.15, -0.1) is 0 Å². The average Bonchev–Trinajstić information content (AvgIpc) is 3.08. The number of carbonyl (C=O) groups excluding carboxylic acids is 2. The van der Waals surface area contributed by atoms with Gasteiger partial charge >= 0.3 is 0 Å². The zero-order valence-electron chi connectivity index (χ0n) is 14.4. The van der Waals surface area contributed by atoms with Crippen molar-refractivity contribution in [2.75, 3.05) is 11.9 Å². The van der Waals surface area contributed by atoms with Gasteiger partial charge in [0.25, 0.3) is 5.91 Å². The molecule has 0 spiro atoms. The third kappa shape index (κ3) is 3.55. The summed E-state index contributed by atoms with van der Waals surface area (Å²) in [4.78, 5) is 27.0. The van der Waals surface area contributed by atoms with E-state index in [-0.39, 0.29) is 17.6 Å². The van der Waals surface area contributed by atoms with Crippen molar-refractivity contribution in [2.45, 2.75) is 32.7 Å². The van der Waals surface area contributed by atoms with Gasteiger partial charge in [-0.1, -0.05) is 18.2 Å². The lowest BCUT2D eigenvalue weighted by atomic mass is 10.1. The number of aryl methyl sites for hydroxylation is 2. The second kappa shape index (κ2) is 7.05. The van der Waals surface area contributed by atoms with Crippen LogP contribution in [0.15, 0.2) is 42.5 Å². The number of halogens is 1. The zero-order valence-corrected chi connectivity index (χ0v) is 14.4. The minimum Gasteiger partial charge on any atom is -0.327 e. The highest BCUT2D eigenvalue weighted by Gasteiger charge is 2.34. The Balaban J connectivity index is 1.78. The molecule has 1 aliphatic rings. The van der Waals surface area contributed by atoms with E-state index < -0.39 is 6.04 Å². The van der Waals surface area contributed by atoms with Crippen molar-refractivity contribution in [2.24, 2.45) is 0 Å². The molecule has 0 saturated carbocycles. The summed E-state index contributed by atoms with van der Waals surface area (Å²) in [6, 6.07) is 10.8. The summed E-state index contributed by atoms with van der Waals surface area (Å²) in [5.74, 6) is -0.799. The Morgan fingerprint density at radius 3 is 2.36 bits per heavy atom. The van der Waals surface area contributed by atoms with Crippen LogP contribution in [0.3, 0.4) is 0 Å². The van der Waals surface area contributed by atoms with Crippen molar-refractivity contribution < 1.29 is 14.0 Å². The molecule has 5 heteroatoms. The predicted molar refractivity (Wildman–Crippen MR) is 95.0 cm³/mol. The van der Waals surface area contributed by atoms with Crippen LogP contribution >= 0.6 is 0 Å². The second-order valence-electron chi connectivity index (χ2n) is 6.42. The van der Waals surface area contributed by atoms with Gasteiger partial charge in [0.05, 0.1) is 0 Å². The van der Waals surface area contributed by atoms with Gasteiger partial charge in [-0.05, 0) is 62.1 Å². The molecule has 1 saturated heterocycles. The van der Waals surface area contributed by atoms with Crippen LogP contribution in [0, 0.1) is 19.7 Å². The quantitative estimate of drug-likeness (QED) is 0.926. The molecule has 0 unspecified atom stereocenters. The van der Waals surface area contributed by atoms with Crippen molar-refractivity contribution in [3.63, 3.8) is 0 Å². The average molecular weight is 340 g/mol. The molecule has 1 fully saturated rings. The second-order valence-corrected chi connectivity index (χ2v) is 6.42. The van der Waals surface area contributed by atoms with Crippen LogP contribution < -0.4 is 5.32 Å². The Hall–Kier alpha value is -2.69. The van der Waals surface area contributed by atoms with Crippen molar-refractivity contribution in [1.29, 1.82) is 0 Å². The van der Waals surface area contributed by atoms with E-state index in [1.165, 1.54) is 24.3 Å². The fourth-order valence-electron chi connectivity index (χ4n) is 3.26. The molecule has 0 radical (unpaired) electrons. The fourth-order valence-corrected chi connectivity index (χ4v) is 3.26. The number of rotatable bonds is 3. The Morgan fingerprint density at radius 1 is 1.08 bits per heavy atom. The molecule has 1 N–H and O–H groups in total. The maximum atomic E-state index is 13.1. The summed E-state index contributed by atoms with van der Waals surface area (Å²) in [6.07, 6.45) is 1.40. The largest absolute Gasteiger partial charge is 0.327 e. The standard InChI is InChI=1S/C20H21FN2O2/c1-13-5-3-6-14(2)18(13)22-19(24)17-7-4-12-23(17)20(25)15-8-10-16(21)11-9-15/h3,5-6,8-11,17H,4,7,12H2,1-2H3,(H,22,24)/t17-/m0/s1. The van der Waals surface area contributed by atoms with Crippen molar-refractivity contribution in [1.82, 2.24) is 4.90 Å². The molecule has 25 heavy (non-hydrogen) atoms. The van der Waals surface area contributed by atoms with Gasteiger partial charge in [-0.3, -0.25) is 9.59 Å². The van der Waals surface area contributed by atoms with E-state index in [1.807, 2.05) is 32.0 Å². The van der Waals surface area contributed by atoms with Gasteiger partial charge in [0, 0.05) is 17.8 Å². The number of carbonyl (C=O) groups is 2. The molecule has 4 nitrogen and oxygen atoms in total. The highest BCUT2D eigenvalue weighted by Crippen LogP contribution is 2.24. The lowest BCUT2D eigenvalue weighted by molar-refractivity contribution is -0.119. The first kappa shape index (κ1) is 17.1. The number of amides is 2. The smallest absolute Gasteiger partial charge is 0.254 e. The minimum atomic E-state index is -0.503. The van der Waals surface area contributed by atoms with Crippen LogP contribution in [-0.4, -0.2) is 29.3 Å². The molecule has 1 heterocycles. The summed E-state index contributed by atoms with van der Waals surface area (Å²) in [6.45, 7) is 4.42. The Kier molecular flexibility index (Phi) is 4.83. The monoisotopic (exact) mass is 340 g/mol. The lowest BCUT2D eigenvalue weighted by Gasteiger charge is -2.24. The molecule has 2 amide bonds. The van der Waals surface area contributed by atoms with Crippen molar-refractivity contribution >= 4 is 17.5 Å². The molecule has 1 aliphatic heterocycles. The van der Waals surface area contributed by atoms with E-state index in [0.717, 1.165) is 23.2 Å². The van der Waals surface area contributed by atoms with Crippen molar-refractivity contribution in [3.05, 3.63) is 65.0 Å². The topological polar surface area (TPSA) is 49.4 Å². The molecular weight excluding hydrogens is 319 g/mol. The van der Waals surface area contributed by atoms with E-state index in [4.69, 9.17) is 0 Å². The number of nitrogens with zero attached hydrogens (tertiary/aromatic N) is 1. The first-order valence-electron chi connectivity index (χ1n) is 8.41. The summed E-state index contributed by atoms with van der Waals surface area (Å²) < 4.78 is 13.1. The molecule has 1 atom stereocenters. The third-order valence-electron chi connectivity index (χ3n) is 4.64. The van der Waals surface area contributed by atoms with Gasteiger partial charge in [-0.25, -0.2) is 4.39 Å². The maximum Gasteiger partial charge on any atom is 0.254 e. The van der Waals surface area contributed by atoms with Crippen LogP contribution in [0.25, 0.3) is 0 Å². The molecule has 0 bridgehead atoms.